The molecule has 1 aromatic rings. The van der Waals surface area contributed by atoms with Gasteiger partial charge in [-0.15, -0.1) is 0 Å². The average Bonchev–Trinajstić information content (AvgIpc) is 3.07. The molecule has 0 aliphatic carbocycles. The van der Waals surface area contributed by atoms with Gasteiger partial charge in [-0.05, 0) is 24.1 Å². The molecule has 1 N–H and O–H groups in total. The first kappa shape index (κ1) is 15.1. The molecule has 1 amide bonds. The summed E-state index contributed by atoms with van der Waals surface area (Å²) >= 11 is 5.90. The fourth-order valence-electron chi connectivity index (χ4n) is 3.04. The number of carbonyl (C=O) groups excluding carboxylic acids is 2. The third-order valence-corrected chi connectivity index (χ3v) is 4.31. The van der Waals surface area contributed by atoms with Crippen LogP contribution in [0, 0.1) is 11.8 Å². The Labute approximate surface area is 132 Å². The minimum Gasteiger partial charge on any atom is -0.550 e. The summed E-state index contributed by atoms with van der Waals surface area (Å²) in [6, 6.07) is 7.39. The van der Waals surface area contributed by atoms with Crippen molar-refractivity contribution in [3.63, 3.8) is 0 Å². The summed E-state index contributed by atoms with van der Waals surface area (Å²) < 4.78 is 5.45. The fraction of sp³-hybridized carbons (Fsp3) is 0.375. The Bertz CT molecular complexity index is 630. The zero-order valence-corrected chi connectivity index (χ0v) is 12.5. The first-order valence-electron chi connectivity index (χ1n) is 7.13. The molecule has 1 fully saturated rings. The molecule has 0 saturated carbocycles. The van der Waals surface area contributed by atoms with Crippen molar-refractivity contribution in [3.8, 4) is 0 Å². The van der Waals surface area contributed by atoms with E-state index in [1.54, 1.807) is 18.2 Å². The third kappa shape index (κ3) is 2.87. The van der Waals surface area contributed by atoms with E-state index in [2.05, 4.69) is 5.32 Å². The smallest absolute Gasteiger partial charge is 0.226 e. The Morgan fingerprint density at radius 3 is 2.64 bits per heavy atom. The van der Waals surface area contributed by atoms with Crippen molar-refractivity contribution in [1.29, 1.82) is 0 Å². The largest absolute Gasteiger partial charge is 0.550 e. The molecule has 0 spiro atoms. The SMILES string of the molecule is O=C([O-])[C@@H]1[C@@H](C(=O)NCCc2cccc(Cl)c2)[C@H]2C=C[C@@H]1O2. The lowest BCUT2D eigenvalue weighted by Gasteiger charge is -2.24. The molecule has 0 radical (unpaired) electrons. The van der Waals surface area contributed by atoms with E-state index in [0.29, 0.717) is 18.0 Å². The zero-order chi connectivity index (χ0) is 15.7. The van der Waals surface area contributed by atoms with E-state index in [-0.39, 0.29) is 5.91 Å². The summed E-state index contributed by atoms with van der Waals surface area (Å²) in [5.41, 5.74) is 1.01. The maximum Gasteiger partial charge on any atom is 0.226 e. The molecule has 6 heteroatoms. The van der Waals surface area contributed by atoms with Crippen LogP contribution in [0.2, 0.25) is 5.02 Å². The van der Waals surface area contributed by atoms with Gasteiger partial charge in [0.25, 0.3) is 0 Å². The molecule has 5 nitrogen and oxygen atoms in total. The number of hydrogen-bond acceptors (Lipinski definition) is 4. The predicted octanol–water partition coefficient (Wildman–Crippen LogP) is 0.318. The van der Waals surface area contributed by atoms with Gasteiger partial charge >= 0.3 is 0 Å². The van der Waals surface area contributed by atoms with Crippen molar-refractivity contribution in [3.05, 3.63) is 47.0 Å². The highest BCUT2D eigenvalue weighted by atomic mass is 35.5. The summed E-state index contributed by atoms with van der Waals surface area (Å²) in [7, 11) is 0. The highest BCUT2D eigenvalue weighted by molar-refractivity contribution is 6.30. The minimum absolute atomic E-state index is 0.312. The van der Waals surface area contributed by atoms with Gasteiger partial charge in [-0.3, -0.25) is 4.79 Å². The number of carbonyl (C=O) groups is 2. The van der Waals surface area contributed by atoms with Gasteiger partial charge in [0.15, 0.2) is 0 Å². The number of halogens is 1. The van der Waals surface area contributed by atoms with E-state index < -0.39 is 30.0 Å². The van der Waals surface area contributed by atoms with Crippen molar-refractivity contribution >= 4 is 23.5 Å². The van der Waals surface area contributed by atoms with Crippen LogP contribution in [0.3, 0.4) is 0 Å². The van der Waals surface area contributed by atoms with Crippen molar-refractivity contribution < 1.29 is 19.4 Å². The summed E-state index contributed by atoms with van der Waals surface area (Å²) in [5, 5.41) is 14.6. The van der Waals surface area contributed by atoms with Gasteiger partial charge in [0.1, 0.15) is 0 Å². The number of fused-ring (bicyclic) bond motifs is 2. The van der Waals surface area contributed by atoms with Crippen molar-refractivity contribution in [2.24, 2.45) is 11.8 Å². The third-order valence-electron chi connectivity index (χ3n) is 4.08. The number of aliphatic carboxylic acids is 1. The average molecular weight is 321 g/mol. The van der Waals surface area contributed by atoms with Gasteiger partial charge in [0.2, 0.25) is 5.91 Å². The summed E-state index contributed by atoms with van der Waals surface area (Å²) in [5.74, 6) is -3.19. The number of ether oxygens (including phenoxy) is 1. The fourth-order valence-corrected chi connectivity index (χ4v) is 3.25. The van der Waals surface area contributed by atoms with Crippen molar-refractivity contribution in [2.45, 2.75) is 18.6 Å². The second kappa shape index (κ2) is 6.10. The zero-order valence-electron chi connectivity index (χ0n) is 11.7. The molecule has 3 rings (SSSR count). The summed E-state index contributed by atoms with van der Waals surface area (Å²) in [6.07, 6.45) is 3.02. The quantitative estimate of drug-likeness (QED) is 0.792. The van der Waals surface area contributed by atoms with E-state index in [1.165, 1.54) is 0 Å². The molecule has 1 aromatic carbocycles. The molecule has 2 bridgehead atoms. The number of amides is 1. The monoisotopic (exact) mass is 320 g/mol. The molecule has 0 aromatic heterocycles. The van der Waals surface area contributed by atoms with Gasteiger partial charge in [0, 0.05) is 23.5 Å². The molecule has 2 aliphatic heterocycles. The predicted molar refractivity (Wildman–Crippen MR) is 78.0 cm³/mol. The number of carboxylic acids is 1. The van der Waals surface area contributed by atoms with E-state index in [1.807, 2.05) is 18.2 Å². The molecule has 2 heterocycles. The van der Waals surface area contributed by atoms with Crippen LogP contribution in [0.15, 0.2) is 36.4 Å². The molecule has 116 valence electrons. The van der Waals surface area contributed by atoms with E-state index in [9.17, 15) is 14.7 Å². The Morgan fingerprint density at radius 1 is 1.23 bits per heavy atom. The Balaban J connectivity index is 1.58. The van der Waals surface area contributed by atoms with Crippen LogP contribution < -0.4 is 10.4 Å². The molecule has 0 unspecified atom stereocenters. The first-order chi connectivity index (χ1) is 10.6. The number of benzene rings is 1. The number of hydrogen-bond donors (Lipinski definition) is 1. The topological polar surface area (TPSA) is 78.5 Å². The van der Waals surface area contributed by atoms with Crippen molar-refractivity contribution in [2.75, 3.05) is 6.54 Å². The summed E-state index contributed by atoms with van der Waals surface area (Å²) in [4.78, 5) is 23.5. The lowest BCUT2D eigenvalue weighted by molar-refractivity contribution is -0.313. The van der Waals surface area contributed by atoms with Gasteiger partial charge in [-0.2, -0.15) is 0 Å². The molecular weight excluding hydrogens is 306 g/mol. The highest BCUT2D eigenvalue weighted by Crippen LogP contribution is 2.38. The normalized spacial score (nSPS) is 28.8. The summed E-state index contributed by atoms with van der Waals surface area (Å²) in [6.45, 7) is 0.413. The van der Waals surface area contributed by atoms with Crippen LogP contribution in [0.5, 0.6) is 0 Å². The molecular formula is C16H15ClNO4-. The Morgan fingerprint density at radius 2 is 1.95 bits per heavy atom. The Kier molecular flexibility index (Phi) is 4.18. The van der Waals surface area contributed by atoms with E-state index in [0.717, 1.165) is 5.56 Å². The maximum atomic E-state index is 12.3. The second-order valence-electron chi connectivity index (χ2n) is 5.49. The van der Waals surface area contributed by atoms with Crippen LogP contribution >= 0.6 is 11.6 Å². The lowest BCUT2D eigenvalue weighted by Crippen LogP contribution is -2.47. The molecule has 4 atom stereocenters. The van der Waals surface area contributed by atoms with E-state index >= 15 is 0 Å². The van der Waals surface area contributed by atoms with Gasteiger partial charge in [0.05, 0.1) is 18.1 Å². The number of carboxylic acid groups (broad SMARTS) is 1. The van der Waals surface area contributed by atoms with Crippen LogP contribution in [-0.2, 0) is 20.7 Å². The lowest BCUT2D eigenvalue weighted by atomic mass is 9.82. The maximum absolute atomic E-state index is 12.3. The van der Waals surface area contributed by atoms with Crippen LogP contribution in [0.25, 0.3) is 0 Å². The number of nitrogens with one attached hydrogen (secondary N) is 1. The molecule has 2 aliphatic rings. The van der Waals surface area contributed by atoms with Crippen molar-refractivity contribution in [1.82, 2.24) is 5.32 Å². The standard InChI is InChI=1S/C16H16ClNO4/c17-10-3-1-2-9(8-10)6-7-18-15(19)13-11-4-5-12(22-11)14(13)16(20)21/h1-5,8,11-14H,6-7H2,(H,18,19)(H,20,21)/p-1/t11-,12+,13+,14+/m1/s1. The van der Waals surface area contributed by atoms with Gasteiger partial charge < -0.3 is 20.0 Å². The first-order valence-corrected chi connectivity index (χ1v) is 7.51. The van der Waals surface area contributed by atoms with Crippen LogP contribution in [-0.4, -0.2) is 30.6 Å². The van der Waals surface area contributed by atoms with Gasteiger partial charge in [-0.1, -0.05) is 35.9 Å². The minimum atomic E-state index is -1.24. The molecule has 1 saturated heterocycles. The Hall–Kier alpha value is -1.85. The second-order valence-corrected chi connectivity index (χ2v) is 5.93. The van der Waals surface area contributed by atoms with Crippen LogP contribution in [0.4, 0.5) is 0 Å². The number of rotatable bonds is 5. The molecule has 22 heavy (non-hydrogen) atoms. The highest BCUT2D eigenvalue weighted by Gasteiger charge is 2.50. The van der Waals surface area contributed by atoms with Gasteiger partial charge in [-0.25, -0.2) is 0 Å². The van der Waals surface area contributed by atoms with E-state index in [4.69, 9.17) is 16.3 Å². The van der Waals surface area contributed by atoms with Crippen LogP contribution in [0.1, 0.15) is 5.56 Å².